The van der Waals surface area contributed by atoms with Crippen molar-refractivity contribution < 1.29 is 19.1 Å². The zero-order valence-electron chi connectivity index (χ0n) is 16.1. The molecular formula is C22H25FN2O3. The second-order valence-corrected chi connectivity index (χ2v) is 7.07. The molecule has 1 heterocycles. The molecule has 0 aliphatic carbocycles. The first-order valence-corrected chi connectivity index (χ1v) is 9.48. The molecule has 0 spiro atoms. The number of amides is 2. The minimum atomic E-state index is -0.314. The first-order valence-electron chi connectivity index (χ1n) is 9.48. The van der Waals surface area contributed by atoms with Crippen molar-refractivity contribution in [2.45, 2.75) is 38.3 Å². The quantitative estimate of drug-likeness (QED) is 0.805. The van der Waals surface area contributed by atoms with Crippen molar-refractivity contribution in [1.29, 1.82) is 0 Å². The van der Waals surface area contributed by atoms with Crippen LogP contribution >= 0.6 is 0 Å². The Kier molecular flexibility index (Phi) is 6.09. The number of aliphatic hydroxyl groups excluding tert-OH is 1. The van der Waals surface area contributed by atoms with Gasteiger partial charge in [-0.25, -0.2) is 4.39 Å². The van der Waals surface area contributed by atoms with E-state index in [1.807, 2.05) is 30.3 Å². The Bertz CT molecular complexity index is 853. The largest absolute Gasteiger partial charge is 0.394 e. The van der Waals surface area contributed by atoms with E-state index in [4.69, 9.17) is 0 Å². The molecule has 3 atom stereocenters. The molecule has 1 saturated heterocycles. The Morgan fingerprint density at radius 1 is 1.11 bits per heavy atom. The lowest BCUT2D eigenvalue weighted by Crippen LogP contribution is -2.68. The maximum Gasteiger partial charge on any atom is 0.222 e. The summed E-state index contributed by atoms with van der Waals surface area (Å²) in [5.74, 6) is -0.558. The van der Waals surface area contributed by atoms with Gasteiger partial charge in [-0.05, 0) is 28.8 Å². The predicted octanol–water partition coefficient (Wildman–Crippen LogP) is 2.69. The second kappa shape index (κ2) is 8.52. The van der Waals surface area contributed by atoms with Crippen molar-refractivity contribution in [3.63, 3.8) is 0 Å². The lowest BCUT2D eigenvalue weighted by Gasteiger charge is -2.55. The van der Waals surface area contributed by atoms with Gasteiger partial charge in [0.1, 0.15) is 5.82 Å². The number of nitrogens with one attached hydrogen (secondary N) is 1. The summed E-state index contributed by atoms with van der Waals surface area (Å²) in [6.45, 7) is 3.43. The lowest BCUT2D eigenvalue weighted by molar-refractivity contribution is -0.150. The normalized spacial score (nSPS) is 21.1. The van der Waals surface area contributed by atoms with Gasteiger partial charge in [0.15, 0.2) is 0 Å². The zero-order chi connectivity index (χ0) is 20.3. The SMILES string of the molecule is CCC(=O)N1[C@H](CO)[C@@H](c2ccc(-c3cccc(F)c3)cc2)[C@@H]1CNC(C)=O. The van der Waals surface area contributed by atoms with Crippen molar-refractivity contribution in [2.75, 3.05) is 13.2 Å². The molecule has 2 aromatic rings. The fraction of sp³-hybridized carbons (Fsp3) is 0.364. The first kappa shape index (κ1) is 20.0. The van der Waals surface area contributed by atoms with Crippen LogP contribution in [0, 0.1) is 5.82 Å². The van der Waals surface area contributed by atoms with Gasteiger partial charge in [0.25, 0.3) is 0 Å². The van der Waals surface area contributed by atoms with Crippen LogP contribution in [0.4, 0.5) is 4.39 Å². The second-order valence-electron chi connectivity index (χ2n) is 7.07. The number of rotatable bonds is 6. The third-order valence-electron chi connectivity index (χ3n) is 5.33. The van der Waals surface area contributed by atoms with E-state index in [0.717, 1.165) is 16.7 Å². The van der Waals surface area contributed by atoms with Crippen LogP contribution in [0.5, 0.6) is 0 Å². The van der Waals surface area contributed by atoms with Gasteiger partial charge in [0.05, 0.1) is 18.7 Å². The molecule has 2 aromatic carbocycles. The van der Waals surface area contributed by atoms with Crippen molar-refractivity contribution in [3.05, 3.63) is 59.9 Å². The predicted molar refractivity (Wildman–Crippen MR) is 105 cm³/mol. The first-order chi connectivity index (χ1) is 13.5. The van der Waals surface area contributed by atoms with Crippen LogP contribution < -0.4 is 5.32 Å². The summed E-state index contributed by atoms with van der Waals surface area (Å²) in [6, 6.07) is 13.6. The topological polar surface area (TPSA) is 69.6 Å². The van der Waals surface area contributed by atoms with E-state index < -0.39 is 0 Å². The summed E-state index contributed by atoms with van der Waals surface area (Å²) in [5, 5.41) is 12.7. The zero-order valence-corrected chi connectivity index (χ0v) is 16.1. The van der Waals surface area contributed by atoms with E-state index >= 15 is 0 Å². The summed E-state index contributed by atoms with van der Waals surface area (Å²) in [5.41, 5.74) is 2.66. The van der Waals surface area contributed by atoms with E-state index in [1.54, 1.807) is 17.9 Å². The fourth-order valence-corrected chi connectivity index (χ4v) is 3.98. The van der Waals surface area contributed by atoms with E-state index in [9.17, 15) is 19.1 Å². The van der Waals surface area contributed by atoms with Gasteiger partial charge in [0.2, 0.25) is 11.8 Å². The molecule has 148 valence electrons. The van der Waals surface area contributed by atoms with Gasteiger partial charge in [-0.1, -0.05) is 43.3 Å². The Hall–Kier alpha value is -2.73. The number of aliphatic hydroxyl groups is 1. The molecular weight excluding hydrogens is 359 g/mol. The summed E-state index contributed by atoms with van der Waals surface area (Å²) in [7, 11) is 0. The molecule has 6 heteroatoms. The van der Waals surface area contributed by atoms with E-state index in [1.165, 1.54) is 19.1 Å². The summed E-state index contributed by atoms with van der Waals surface area (Å²) in [6.07, 6.45) is 0.346. The average molecular weight is 384 g/mol. The molecule has 2 amide bonds. The van der Waals surface area contributed by atoms with Gasteiger partial charge in [0, 0.05) is 25.8 Å². The molecule has 0 unspecified atom stereocenters. The molecule has 5 nitrogen and oxygen atoms in total. The van der Waals surface area contributed by atoms with Gasteiger partial charge in [-0.2, -0.15) is 0 Å². The monoisotopic (exact) mass is 384 g/mol. The Morgan fingerprint density at radius 2 is 1.82 bits per heavy atom. The summed E-state index contributed by atoms with van der Waals surface area (Å²) >= 11 is 0. The molecule has 0 radical (unpaired) electrons. The molecule has 28 heavy (non-hydrogen) atoms. The fourth-order valence-electron chi connectivity index (χ4n) is 3.98. The van der Waals surface area contributed by atoms with E-state index in [-0.39, 0.29) is 42.2 Å². The Morgan fingerprint density at radius 3 is 2.39 bits per heavy atom. The number of benzene rings is 2. The van der Waals surface area contributed by atoms with Gasteiger partial charge < -0.3 is 15.3 Å². The number of carbonyl (C=O) groups excluding carboxylic acids is 2. The van der Waals surface area contributed by atoms with Crippen LogP contribution in [0.25, 0.3) is 11.1 Å². The molecule has 2 N–H and O–H groups in total. The average Bonchev–Trinajstić information content (AvgIpc) is 2.67. The van der Waals surface area contributed by atoms with Crippen LogP contribution in [-0.2, 0) is 9.59 Å². The minimum Gasteiger partial charge on any atom is -0.394 e. The smallest absolute Gasteiger partial charge is 0.222 e. The standard InChI is InChI=1S/C22H25FN2O3/c1-3-21(28)25-19(12-24-14(2)27)22(20(25)13-26)16-9-7-15(8-10-16)17-5-4-6-18(23)11-17/h4-11,19-20,22,26H,3,12-13H2,1-2H3,(H,24,27)/t19-,20+,22-/m0/s1. The maximum absolute atomic E-state index is 13.5. The number of likely N-dealkylation sites (tertiary alicyclic amines) is 1. The highest BCUT2D eigenvalue weighted by Gasteiger charge is 2.50. The Balaban J connectivity index is 1.86. The third-order valence-corrected chi connectivity index (χ3v) is 5.33. The van der Waals surface area contributed by atoms with Crippen molar-refractivity contribution in [3.8, 4) is 11.1 Å². The number of nitrogens with zero attached hydrogens (tertiary/aromatic N) is 1. The molecule has 0 aromatic heterocycles. The molecule has 1 aliphatic heterocycles. The van der Waals surface area contributed by atoms with Crippen LogP contribution in [0.2, 0.25) is 0 Å². The molecule has 1 fully saturated rings. The van der Waals surface area contributed by atoms with Crippen molar-refractivity contribution in [2.24, 2.45) is 0 Å². The molecule has 0 bridgehead atoms. The highest BCUT2D eigenvalue weighted by Crippen LogP contribution is 2.41. The van der Waals surface area contributed by atoms with Crippen LogP contribution in [-0.4, -0.2) is 47.1 Å². The lowest BCUT2D eigenvalue weighted by atomic mass is 9.74. The molecule has 0 saturated carbocycles. The number of carbonyl (C=O) groups is 2. The van der Waals surface area contributed by atoms with E-state index in [0.29, 0.717) is 13.0 Å². The van der Waals surface area contributed by atoms with Crippen molar-refractivity contribution >= 4 is 11.8 Å². The number of halogens is 1. The number of hydrogen-bond donors (Lipinski definition) is 2. The highest BCUT2D eigenvalue weighted by molar-refractivity contribution is 5.79. The van der Waals surface area contributed by atoms with Crippen LogP contribution in [0.3, 0.4) is 0 Å². The maximum atomic E-state index is 13.5. The van der Waals surface area contributed by atoms with Crippen molar-refractivity contribution in [1.82, 2.24) is 10.2 Å². The summed E-state index contributed by atoms with van der Waals surface area (Å²) in [4.78, 5) is 25.4. The third kappa shape index (κ3) is 3.92. The Labute approximate surface area is 164 Å². The molecule has 3 rings (SSSR count). The van der Waals surface area contributed by atoms with Gasteiger partial charge >= 0.3 is 0 Å². The highest BCUT2D eigenvalue weighted by atomic mass is 19.1. The van der Waals surface area contributed by atoms with Crippen LogP contribution in [0.15, 0.2) is 48.5 Å². The van der Waals surface area contributed by atoms with E-state index in [2.05, 4.69) is 5.32 Å². The van der Waals surface area contributed by atoms with Gasteiger partial charge in [-0.3, -0.25) is 9.59 Å². The summed E-state index contributed by atoms with van der Waals surface area (Å²) < 4.78 is 13.5. The minimum absolute atomic E-state index is 0.0398. The van der Waals surface area contributed by atoms with Gasteiger partial charge in [-0.15, -0.1) is 0 Å². The number of hydrogen-bond acceptors (Lipinski definition) is 3. The van der Waals surface area contributed by atoms with Crippen LogP contribution in [0.1, 0.15) is 31.7 Å². The molecule has 1 aliphatic rings.